The molecule has 0 atom stereocenters. The molecule has 0 radical (unpaired) electrons. The van der Waals surface area contributed by atoms with Crippen molar-refractivity contribution in [3.05, 3.63) is 15.8 Å². The monoisotopic (exact) mass is 256 g/mol. The van der Waals surface area contributed by atoms with Crippen LogP contribution in [0.4, 0.5) is 11.5 Å². The first kappa shape index (κ1) is 13.9. The van der Waals surface area contributed by atoms with Gasteiger partial charge in [0, 0.05) is 13.6 Å². The summed E-state index contributed by atoms with van der Waals surface area (Å²) in [4.78, 5) is 22.8. The van der Waals surface area contributed by atoms with Crippen molar-refractivity contribution in [1.29, 1.82) is 0 Å². The summed E-state index contributed by atoms with van der Waals surface area (Å²) >= 11 is 0. The summed E-state index contributed by atoms with van der Waals surface area (Å²) in [6.07, 6.45) is 0.689. The van der Waals surface area contributed by atoms with E-state index in [9.17, 15) is 14.9 Å². The van der Waals surface area contributed by atoms with Crippen LogP contribution < -0.4 is 4.90 Å². The van der Waals surface area contributed by atoms with Crippen molar-refractivity contribution in [2.24, 2.45) is 7.05 Å². The molecule has 0 unspecified atom stereocenters. The number of nitro groups is 1. The van der Waals surface area contributed by atoms with Gasteiger partial charge >= 0.3 is 11.7 Å². The zero-order valence-electron chi connectivity index (χ0n) is 10.6. The van der Waals surface area contributed by atoms with E-state index in [1.54, 1.807) is 7.05 Å². The van der Waals surface area contributed by atoms with Crippen LogP contribution in [0.5, 0.6) is 0 Å². The summed E-state index contributed by atoms with van der Waals surface area (Å²) in [6, 6.07) is 0. The molecule has 8 nitrogen and oxygen atoms in total. The van der Waals surface area contributed by atoms with Crippen molar-refractivity contribution in [2.75, 3.05) is 18.0 Å². The summed E-state index contributed by atoms with van der Waals surface area (Å²) in [5.74, 6) is -0.793. The van der Waals surface area contributed by atoms with Crippen molar-refractivity contribution in [3.63, 3.8) is 0 Å². The normalized spacial score (nSPS) is 10.4. The van der Waals surface area contributed by atoms with Crippen LogP contribution in [-0.2, 0) is 11.8 Å². The summed E-state index contributed by atoms with van der Waals surface area (Å²) < 4.78 is 1.35. The lowest BCUT2D eigenvalue weighted by Gasteiger charge is -2.20. The number of anilines is 1. The zero-order chi connectivity index (χ0) is 13.9. The first-order chi connectivity index (χ1) is 8.38. The van der Waals surface area contributed by atoms with Crippen LogP contribution in [0.25, 0.3) is 0 Å². The molecule has 0 aromatic carbocycles. The third-order valence-electron chi connectivity index (χ3n) is 2.46. The molecule has 0 spiro atoms. The van der Waals surface area contributed by atoms with Gasteiger partial charge in [0.15, 0.2) is 0 Å². The minimum atomic E-state index is -1.03. The second kappa shape index (κ2) is 5.48. The average Bonchev–Trinajstić information content (AvgIpc) is 2.52. The van der Waals surface area contributed by atoms with Crippen molar-refractivity contribution in [2.45, 2.75) is 20.3 Å². The quantitative estimate of drug-likeness (QED) is 0.600. The largest absolute Gasteiger partial charge is 0.480 e. The molecule has 0 aliphatic rings. The molecule has 18 heavy (non-hydrogen) atoms. The van der Waals surface area contributed by atoms with Gasteiger partial charge < -0.3 is 10.0 Å². The van der Waals surface area contributed by atoms with Crippen LogP contribution in [-0.4, -0.2) is 38.9 Å². The van der Waals surface area contributed by atoms with Crippen LogP contribution in [0.15, 0.2) is 0 Å². The number of hydrogen-bond acceptors (Lipinski definition) is 5. The smallest absolute Gasteiger partial charge is 0.333 e. The third kappa shape index (κ3) is 2.76. The minimum Gasteiger partial charge on any atom is -0.480 e. The van der Waals surface area contributed by atoms with Crippen LogP contribution >= 0.6 is 0 Å². The number of carboxylic acid groups (broad SMARTS) is 1. The van der Waals surface area contributed by atoms with Gasteiger partial charge in [0.2, 0.25) is 5.82 Å². The SMILES string of the molecule is CCCN(CC(=O)O)c1c([N+](=O)[O-])c(C)nn1C. The van der Waals surface area contributed by atoms with Gasteiger partial charge in [-0.1, -0.05) is 6.92 Å². The van der Waals surface area contributed by atoms with E-state index in [1.807, 2.05) is 6.92 Å². The molecule has 1 rings (SSSR count). The molecule has 0 aliphatic carbocycles. The van der Waals surface area contributed by atoms with Gasteiger partial charge in [-0.2, -0.15) is 5.10 Å². The maximum Gasteiger partial charge on any atom is 0.333 e. The first-order valence-electron chi connectivity index (χ1n) is 5.53. The van der Waals surface area contributed by atoms with E-state index in [4.69, 9.17) is 5.11 Å². The number of aliphatic carboxylic acids is 1. The maximum atomic E-state index is 11.0. The fourth-order valence-corrected chi connectivity index (χ4v) is 1.90. The number of aromatic nitrogens is 2. The predicted octanol–water partition coefficient (Wildman–Crippen LogP) is 0.938. The Kier molecular flexibility index (Phi) is 4.24. The Bertz CT molecular complexity index is 469. The predicted molar refractivity (Wildman–Crippen MR) is 64.7 cm³/mol. The molecule has 0 bridgehead atoms. The lowest BCUT2D eigenvalue weighted by Crippen LogP contribution is -2.32. The highest BCUT2D eigenvalue weighted by Crippen LogP contribution is 2.30. The van der Waals surface area contributed by atoms with Crippen molar-refractivity contribution < 1.29 is 14.8 Å². The van der Waals surface area contributed by atoms with Crippen LogP contribution in [0, 0.1) is 17.0 Å². The van der Waals surface area contributed by atoms with Crippen LogP contribution in [0.2, 0.25) is 0 Å². The molecule has 1 aromatic rings. The van der Waals surface area contributed by atoms with E-state index >= 15 is 0 Å². The summed E-state index contributed by atoms with van der Waals surface area (Å²) in [5.41, 5.74) is 0.149. The van der Waals surface area contributed by atoms with E-state index in [2.05, 4.69) is 5.10 Å². The molecule has 1 N–H and O–H groups in total. The number of carbonyl (C=O) groups is 1. The van der Waals surface area contributed by atoms with E-state index in [1.165, 1.54) is 16.5 Å². The van der Waals surface area contributed by atoms with E-state index in [-0.39, 0.29) is 23.7 Å². The summed E-state index contributed by atoms with van der Waals surface area (Å²) in [6.45, 7) is 3.55. The van der Waals surface area contributed by atoms with Gasteiger partial charge in [0.05, 0.1) is 4.92 Å². The molecule has 1 heterocycles. The molecule has 0 aliphatic heterocycles. The van der Waals surface area contributed by atoms with Crippen molar-refractivity contribution in [3.8, 4) is 0 Å². The lowest BCUT2D eigenvalue weighted by atomic mass is 10.3. The van der Waals surface area contributed by atoms with Gasteiger partial charge in [0.25, 0.3) is 0 Å². The van der Waals surface area contributed by atoms with Gasteiger partial charge in [-0.3, -0.25) is 14.9 Å². The van der Waals surface area contributed by atoms with Gasteiger partial charge in [-0.05, 0) is 13.3 Å². The zero-order valence-corrected chi connectivity index (χ0v) is 10.6. The van der Waals surface area contributed by atoms with Crippen molar-refractivity contribution in [1.82, 2.24) is 9.78 Å². The number of hydrogen-bond donors (Lipinski definition) is 1. The second-order valence-electron chi connectivity index (χ2n) is 3.95. The first-order valence-corrected chi connectivity index (χ1v) is 5.53. The lowest BCUT2D eigenvalue weighted by molar-refractivity contribution is -0.384. The molecule has 1 aromatic heterocycles. The molecule has 8 heteroatoms. The molecule has 0 saturated carbocycles. The average molecular weight is 256 g/mol. The van der Waals surface area contributed by atoms with E-state index in [0.29, 0.717) is 13.0 Å². The Morgan fingerprint density at radius 3 is 2.67 bits per heavy atom. The Labute approximate surface area is 104 Å². The van der Waals surface area contributed by atoms with E-state index < -0.39 is 10.9 Å². The standard InChI is InChI=1S/C10H16N4O4/c1-4-5-13(6-8(15)16)10-9(14(17)18)7(2)11-12(10)3/h4-6H2,1-3H3,(H,15,16). The number of rotatable bonds is 6. The van der Waals surface area contributed by atoms with Gasteiger partial charge in [-0.15, -0.1) is 0 Å². The minimum absolute atomic E-state index is 0.132. The number of nitrogens with zero attached hydrogens (tertiary/aromatic N) is 4. The molecule has 100 valence electrons. The maximum absolute atomic E-state index is 11.0. The molecular weight excluding hydrogens is 240 g/mol. The third-order valence-corrected chi connectivity index (χ3v) is 2.46. The van der Waals surface area contributed by atoms with Gasteiger partial charge in [0.1, 0.15) is 12.2 Å². The highest BCUT2D eigenvalue weighted by atomic mass is 16.6. The Morgan fingerprint density at radius 2 is 2.22 bits per heavy atom. The molecule has 0 fully saturated rings. The van der Waals surface area contributed by atoms with Crippen LogP contribution in [0.3, 0.4) is 0 Å². The topological polar surface area (TPSA) is 102 Å². The van der Waals surface area contributed by atoms with Gasteiger partial charge in [-0.25, -0.2) is 4.68 Å². The number of carboxylic acids is 1. The Hall–Kier alpha value is -2.12. The summed E-state index contributed by atoms with van der Waals surface area (Å²) in [7, 11) is 1.57. The molecular formula is C10H16N4O4. The summed E-state index contributed by atoms with van der Waals surface area (Å²) in [5, 5.41) is 23.9. The number of aryl methyl sites for hydroxylation is 2. The molecule has 0 saturated heterocycles. The highest BCUT2D eigenvalue weighted by molar-refractivity contribution is 5.75. The van der Waals surface area contributed by atoms with E-state index in [0.717, 1.165) is 0 Å². The Morgan fingerprint density at radius 1 is 1.61 bits per heavy atom. The van der Waals surface area contributed by atoms with Crippen LogP contribution in [0.1, 0.15) is 19.0 Å². The van der Waals surface area contributed by atoms with Crippen molar-refractivity contribution >= 4 is 17.5 Å². The highest BCUT2D eigenvalue weighted by Gasteiger charge is 2.28. The Balaban J connectivity index is 3.25. The second-order valence-corrected chi connectivity index (χ2v) is 3.95. The fraction of sp³-hybridized carbons (Fsp3) is 0.600. The molecule has 0 amide bonds. The fourth-order valence-electron chi connectivity index (χ4n) is 1.90.